The number of carbonyl (C=O) groups is 1. The van der Waals surface area contributed by atoms with Crippen LogP contribution in [-0.4, -0.2) is 18.2 Å². The predicted molar refractivity (Wildman–Crippen MR) is 74.3 cm³/mol. The van der Waals surface area contributed by atoms with E-state index in [0.717, 1.165) is 17.1 Å². The van der Waals surface area contributed by atoms with Gasteiger partial charge in [-0.2, -0.15) is 0 Å². The van der Waals surface area contributed by atoms with Crippen molar-refractivity contribution in [3.8, 4) is 0 Å². The number of hydrogen-bond acceptors (Lipinski definition) is 3. The fourth-order valence-corrected chi connectivity index (χ4v) is 2.02. The van der Waals surface area contributed by atoms with E-state index in [1.54, 1.807) is 0 Å². The summed E-state index contributed by atoms with van der Waals surface area (Å²) in [6.07, 6.45) is 0. The molecule has 0 heterocycles. The molecule has 0 aliphatic carbocycles. The maximum Gasteiger partial charge on any atom is 0.227 e. The van der Waals surface area contributed by atoms with Crippen molar-refractivity contribution in [3.63, 3.8) is 0 Å². The van der Waals surface area contributed by atoms with Crippen LogP contribution >= 0.6 is 11.8 Å². The molecule has 0 aliphatic heterocycles. The lowest BCUT2D eigenvalue weighted by molar-refractivity contribution is -0.115. The van der Waals surface area contributed by atoms with E-state index < -0.39 is 0 Å². The molecule has 0 bridgehead atoms. The SMILES string of the molecule is CC(C)(C)CNc1ccccc1SCC(N)=O. The van der Waals surface area contributed by atoms with Gasteiger partial charge in [0.15, 0.2) is 0 Å². The average Bonchev–Trinajstić information content (AvgIpc) is 2.23. The molecule has 0 spiro atoms. The van der Waals surface area contributed by atoms with Gasteiger partial charge in [0, 0.05) is 17.1 Å². The Labute approximate surface area is 107 Å². The maximum absolute atomic E-state index is 10.8. The lowest BCUT2D eigenvalue weighted by Crippen LogP contribution is -2.19. The lowest BCUT2D eigenvalue weighted by atomic mass is 9.97. The van der Waals surface area contributed by atoms with Gasteiger partial charge in [-0.15, -0.1) is 11.8 Å². The monoisotopic (exact) mass is 252 g/mol. The van der Waals surface area contributed by atoms with Gasteiger partial charge in [0.1, 0.15) is 0 Å². The summed E-state index contributed by atoms with van der Waals surface area (Å²) in [6.45, 7) is 7.43. The topological polar surface area (TPSA) is 55.1 Å². The second-order valence-corrected chi connectivity index (χ2v) is 6.18. The van der Waals surface area contributed by atoms with E-state index in [1.165, 1.54) is 11.8 Å². The third-order valence-electron chi connectivity index (χ3n) is 2.07. The van der Waals surface area contributed by atoms with Crippen molar-refractivity contribution in [2.24, 2.45) is 11.1 Å². The number of benzene rings is 1. The number of para-hydroxylation sites is 1. The third kappa shape index (κ3) is 5.63. The molecule has 0 radical (unpaired) electrons. The first-order valence-corrected chi connectivity index (χ1v) is 6.61. The van der Waals surface area contributed by atoms with Gasteiger partial charge in [-0.1, -0.05) is 32.9 Å². The number of hydrogen-bond donors (Lipinski definition) is 2. The molecule has 0 saturated carbocycles. The highest BCUT2D eigenvalue weighted by Crippen LogP contribution is 2.27. The van der Waals surface area contributed by atoms with Crippen molar-refractivity contribution >= 4 is 23.4 Å². The van der Waals surface area contributed by atoms with Crippen LogP contribution in [0.1, 0.15) is 20.8 Å². The van der Waals surface area contributed by atoms with E-state index in [4.69, 9.17) is 5.73 Å². The minimum absolute atomic E-state index is 0.224. The van der Waals surface area contributed by atoms with Gasteiger partial charge in [-0.25, -0.2) is 0 Å². The number of anilines is 1. The fraction of sp³-hybridized carbons (Fsp3) is 0.462. The molecule has 1 rings (SSSR count). The van der Waals surface area contributed by atoms with E-state index in [1.807, 2.05) is 24.3 Å². The Kier molecular flexibility index (Phi) is 4.87. The second kappa shape index (κ2) is 5.96. The zero-order chi connectivity index (χ0) is 12.9. The molecule has 0 fully saturated rings. The van der Waals surface area contributed by atoms with Crippen molar-refractivity contribution in [2.45, 2.75) is 25.7 Å². The van der Waals surface area contributed by atoms with Gasteiger partial charge in [0.05, 0.1) is 5.75 Å². The molecule has 1 aromatic carbocycles. The van der Waals surface area contributed by atoms with Crippen molar-refractivity contribution in [1.82, 2.24) is 0 Å². The van der Waals surface area contributed by atoms with E-state index in [9.17, 15) is 4.79 Å². The van der Waals surface area contributed by atoms with E-state index in [2.05, 4.69) is 26.1 Å². The molecule has 17 heavy (non-hydrogen) atoms. The molecule has 3 N–H and O–H groups in total. The standard InChI is InChI=1S/C13H20N2OS/c1-13(2,3)9-15-10-6-4-5-7-11(10)17-8-12(14)16/h4-7,15H,8-9H2,1-3H3,(H2,14,16). The summed E-state index contributed by atoms with van der Waals surface area (Å²) >= 11 is 1.47. The average molecular weight is 252 g/mol. The van der Waals surface area contributed by atoms with Gasteiger partial charge in [0.25, 0.3) is 0 Å². The van der Waals surface area contributed by atoms with Gasteiger partial charge in [0.2, 0.25) is 5.91 Å². The Morgan fingerprint density at radius 3 is 2.59 bits per heavy atom. The summed E-state index contributed by atoms with van der Waals surface area (Å²) in [5.74, 6) is 0.0226. The van der Waals surface area contributed by atoms with Crippen LogP contribution < -0.4 is 11.1 Å². The highest BCUT2D eigenvalue weighted by molar-refractivity contribution is 8.00. The summed E-state index contributed by atoms with van der Waals surface area (Å²) in [7, 11) is 0. The van der Waals surface area contributed by atoms with Crippen LogP contribution in [0.25, 0.3) is 0 Å². The lowest BCUT2D eigenvalue weighted by Gasteiger charge is -2.20. The van der Waals surface area contributed by atoms with Crippen LogP contribution in [0.4, 0.5) is 5.69 Å². The Bertz CT molecular complexity index is 385. The number of amides is 1. The van der Waals surface area contributed by atoms with E-state index in [0.29, 0.717) is 5.75 Å². The molecular weight excluding hydrogens is 232 g/mol. The van der Waals surface area contributed by atoms with Crippen LogP contribution in [0.2, 0.25) is 0 Å². The zero-order valence-corrected chi connectivity index (χ0v) is 11.4. The van der Waals surface area contributed by atoms with Crippen molar-refractivity contribution in [2.75, 3.05) is 17.6 Å². The molecule has 0 aliphatic rings. The number of primary amides is 1. The number of carbonyl (C=O) groups excluding carboxylic acids is 1. The smallest absolute Gasteiger partial charge is 0.227 e. The molecule has 0 atom stereocenters. The van der Waals surface area contributed by atoms with Crippen molar-refractivity contribution in [1.29, 1.82) is 0 Å². The summed E-state index contributed by atoms with van der Waals surface area (Å²) < 4.78 is 0. The number of nitrogens with two attached hydrogens (primary N) is 1. The normalized spacial score (nSPS) is 11.2. The predicted octanol–water partition coefficient (Wildman–Crippen LogP) is 2.72. The molecule has 1 amide bonds. The quantitative estimate of drug-likeness (QED) is 0.792. The molecule has 0 saturated heterocycles. The Balaban J connectivity index is 2.67. The van der Waals surface area contributed by atoms with E-state index >= 15 is 0 Å². The summed E-state index contributed by atoms with van der Waals surface area (Å²) in [5, 5.41) is 3.40. The Morgan fingerprint density at radius 1 is 1.35 bits per heavy atom. The van der Waals surface area contributed by atoms with Gasteiger partial charge in [-0.05, 0) is 17.5 Å². The number of nitrogens with one attached hydrogen (secondary N) is 1. The first-order chi connectivity index (χ1) is 7.88. The maximum atomic E-state index is 10.8. The molecular formula is C13H20N2OS. The molecule has 4 heteroatoms. The highest BCUT2D eigenvalue weighted by atomic mass is 32.2. The molecule has 1 aromatic rings. The summed E-state index contributed by atoms with van der Waals surface area (Å²) in [4.78, 5) is 11.8. The first-order valence-electron chi connectivity index (χ1n) is 5.62. The van der Waals surface area contributed by atoms with Crippen LogP contribution in [-0.2, 0) is 4.79 Å². The van der Waals surface area contributed by atoms with E-state index in [-0.39, 0.29) is 11.3 Å². The summed E-state index contributed by atoms with van der Waals surface area (Å²) in [6, 6.07) is 7.97. The van der Waals surface area contributed by atoms with Crippen LogP contribution in [0.3, 0.4) is 0 Å². The highest BCUT2D eigenvalue weighted by Gasteiger charge is 2.11. The second-order valence-electron chi connectivity index (χ2n) is 5.17. The Morgan fingerprint density at radius 2 is 2.00 bits per heavy atom. The molecule has 0 unspecified atom stereocenters. The minimum atomic E-state index is -0.291. The fourth-order valence-electron chi connectivity index (χ4n) is 1.25. The Hall–Kier alpha value is -1.16. The van der Waals surface area contributed by atoms with Crippen molar-refractivity contribution in [3.05, 3.63) is 24.3 Å². The summed E-state index contributed by atoms with van der Waals surface area (Å²) in [5.41, 5.74) is 6.44. The van der Waals surface area contributed by atoms with Gasteiger partial charge in [-0.3, -0.25) is 4.79 Å². The third-order valence-corrected chi connectivity index (χ3v) is 3.16. The van der Waals surface area contributed by atoms with Crippen molar-refractivity contribution < 1.29 is 4.79 Å². The molecule has 3 nitrogen and oxygen atoms in total. The van der Waals surface area contributed by atoms with Crippen LogP contribution in [0.5, 0.6) is 0 Å². The molecule has 94 valence electrons. The van der Waals surface area contributed by atoms with Gasteiger partial charge < -0.3 is 11.1 Å². The molecule has 0 aromatic heterocycles. The largest absolute Gasteiger partial charge is 0.384 e. The first kappa shape index (κ1) is 13.9. The minimum Gasteiger partial charge on any atom is -0.384 e. The van der Waals surface area contributed by atoms with Crippen LogP contribution in [0, 0.1) is 5.41 Å². The number of thioether (sulfide) groups is 1. The van der Waals surface area contributed by atoms with Crippen LogP contribution in [0.15, 0.2) is 29.2 Å². The number of rotatable bonds is 5. The van der Waals surface area contributed by atoms with Gasteiger partial charge >= 0.3 is 0 Å². The zero-order valence-electron chi connectivity index (χ0n) is 10.6.